The second-order valence-electron chi connectivity index (χ2n) is 9.99. The van der Waals surface area contributed by atoms with Crippen LogP contribution in [0.2, 0.25) is 0 Å². The lowest BCUT2D eigenvalue weighted by Crippen LogP contribution is -2.44. The first-order valence-corrected chi connectivity index (χ1v) is 13.1. The second kappa shape index (κ2) is 10.7. The number of anilines is 1. The van der Waals surface area contributed by atoms with Crippen LogP contribution in [0, 0.1) is 11.6 Å². The first-order chi connectivity index (χ1) is 19.0. The van der Waals surface area contributed by atoms with Gasteiger partial charge in [0.2, 0.25) is 0 Å². The summed E-state index contributed by atoms with van der Waals surface area (Å²) in [6, 6.07) is 16.0. The molecule has 0 bridgehead atoms. The average molecular weight is 530 g/mol. The van der Waals surface area contributed by atoms with Crippen LogP contribution in [0.5, 0.6) is 0 Å². The van der Waals surface area contributed by atoms with Crippen molar-refractivity contribution >= 4 is 22.6 Å². The van der Waals surface area contributed by atoms with E-state index in [9.17, 15) is 4.79 Å². The Hall–Kier alpha value is -3.95. The Morgan fingerprint density at radius 2 is 1.56 bits per heavy atom. The molecule has 0 spiro atoms. The molecule has 0 N–H and O–H groups in total. The highest BCUT2D eigenvalue weighted by atomic mass is 19.1. The van der Waals surface area contributed by atoms with Crippen LogP contribution in [0.15, 0.2) is 60.8 Å². The Labute approximate surface area is 225 Å². The van der Waals surface area contributed by atoms with Gasteiger partial charge in [0.1, 0.15) is 17.2 Å². The predicted octanol–water partition coefficient (Wildman–Crippen LogP) is 4.47. The summed E-state index contributed by atoms with van der Waals surface area (Å²) in [7, 11) is 2.13. The maximum Gasteiger partial charge on any atom is 0.259 e. The van der Waals surface area contributed by atoms with Crippen molar-refractivity contribution in [3.8, 4) is 22.4 Å². The minimum absolute atomic E-state index is 0.297. The molecule has 0 unspecified atom stereocenters. The Morgan fingerprint density at radius 3 is 2.26 bits per heavy atom. The molecular formula is C30H29F2N5O2. The van der Waals surface area contributed by atoms with Crippen LogP contribution < -0.4 is 4.90 Å². The topological polar surface area (TPSA) is 61.8 Å². The lowest BCUT2D eigenvalue weighted by molar-refractivity contribution is 0.0296. The highest BCUT2D eigenvalue weighted by Gasteiger charge is 2.26. The zero-order valence-corrected chi connectivity index (χ0v) is 21.7. The van der Waals surface area contributed by atoms with Gasteiger partial charge in [-0.25, -0.2) is 13.8 Å². The van der Waals surface area contributed by atoms with Gasteiger partial charge in [0.15, 0.2) is 0 Å². The summed E-state index contributed by atoms with van der Waals surface area (Å²) in [5.74, 6) is -2.47. The maximum atomic E-state index is 15.2. The van der Waals surface area contributed by atoms with E-state index in [1.807, 2.05) is 18.2 Å². The summed E-state index contributed by atoms with van der Waals surface area (Å²) in [6.45, 7) is 5.34. The van der Waals surface area contributed by atoms with E-state index in [1.165, 1.54) is 22.7 Å². The summed E-state index contributed by atoms with van der Waals surface area (Å²) in [4.78, 5) is 28.3. The van der Waals surface area contributed by atoms with Gasteiger partial charge in [-0.1, -0.05) is 24.3 Å². The number of carbonyl (C=O) groups excluding carboxylic acids is 1. The molecule has 39 heavy (non-hydrogen) atoms. The monoisotopic (exact) mass is 529 g/mol. The van der Waals surface area contributed by atoms with Gasteiger partial charge in [0.25, 0.3) is 5.91 Å². The fourth-order valence-electron chi connectivity index (χ4n) is 5.17. The number of amides is 1. The highest BCUT2D eigenvalue weighted by molar-refractivity contribution is 5.97. The molecule has 0 atom stereocenters. The first-order valence-electron chi connectivity index (χ1n) is 13.1. The molecule has 3 aromatic carbocycles. The largest absolute Gasteiger partial charge is 0.378 e. The smallest absolute Gasteiger partial charge is 0.259 e. The van der Waals surface area contributed by atoms with Crippen molar-refractivity contribution < 1.29 is 18.3 Å². The van der Waals surface area contributed by atoms with Gasteiger partial charge in [-0.05, 0) is 42.9 Å². The molecule has 2 fully saturated rings. The number of nitrogens with zero attached hydrogens (tertiary/aromatic N) is 5. The summed E-state index contributed by atoms with van der Waals surface area (Å²) in [5.41, 5.74) is 4.17. The lowest BCUT2D eigenvalue weighted by Gasteiger charge is -2.34. The average Bonchev–Trinajstić information content (AvgIpc) is 2.97. The zero-order chi connectivity index (χ0) is 26.9. The van der Waals surface area contributed by atoms with Crippen molar-refractivity contribution in [2.24, 2.45) is 0 Å². The fourth-order valence-corrected chi connectivity index (χ4v) is 5.17. The minimum atomic E-state index is -0.901. The number of fused-ring (bicyclic) bond motifs is 1. The zero-order valence-electron chi connectivity index (χ0n) is 21.7. The molecule has 1 amide bonds. The number of hydrogen-bond donors (Lipinski definition) is 0. The molecule has 2 aliphatic heterocycles. The molecule has 7 nitrogen and oxygen atoms in total. The van der Waals surface area contributed by atoms with Gasteiger partial charge in [-0.2, -0.15) is 0 Å². The molecule has 0 radical (unpaired) electrons. The number of rotatable bonds is 4. The third-order valence-corrected chi connectivity index (χ3v) is 7.47. The summed E-state index contributed by atoms with van der Waals surface area (Å²) >= 11 is 0. The van der Waals surface area contributed by atoms with Gasteiger partial charge >= 0.3 is 0 Å². The van der Waals surface area contributed by atoms with E-state index in [-0.39, 0.29) is 0 Å². The van der Waals surface area contributed by atoms with Gasteiger partial charge in [0, 0.05) is 56.1 Å². The van der Waals surface area contributed by atoms with Crippen molar-refractivity contribution in [3.63, 3.8) is 0 Å². The number of hydrogen-bond acceptors (Lipinski definition) is 6. The normalized spacial score (nSPS) is 16.6. The third-order valence-electron chi connectivity index (χ3n) is 7.47. The standard InChI is InChI=1S/C30H29F2N5O2/c1-35-9-11-36(12-10-35)22-7-5-20(6-8-22)27-19-33-26-4-2-3-23(29(26)34-27)21-17-24(31)28(25(32)18-21)30(38)37-13-15-39-16-14-37/h2-8,17-19H,9-16H2,1H3. The van der Waals surface area contributed by atoms with Gasteiger partial charge in [-0.3, -0.25) is 9.78 Å². The maximum absolute atomic E-state index is 15.2. The SMILES string of the molecule is CN1CCN(c2ccc(-c3cnc4cccc(-c5cc(F)c(C(=O)N6CCOCC6)c(F)c5)c4n3)cc2)CC1. The van der Waals surface area contributed by atoms with E-state index in [2.05, 4.69) is 34.0 Å². The van der Waals surface area contributed by atoms with Gasteiger partial charge < -0.3 is 19.4 Å². The van der Waals surface area contributed by atoms with E-state index in [4.69, 9.17) is 9.72 Å². The summed E-state index contributed by atoms with van der Waals surface area (Å²) in [6.07, 6.45) is 1.71. The number of para-hydroxylation sites is 1. The van der Waals surface area contributed by atoms with E-state index in [1.54, 1.807) is 18.3 Å². The van der Waals surface area contributed by atoms with Crippen LogP contribution in [0.4, 0.5) is 14.5 Å². The molecule has 4 aromatic rings. The lowest BCUT2D eigenvalue weighted by atomic mass is 10.00. The van der Waals surface area contributed by atoms with Gasteiger partial charge in [0.05, 0.1) is 36.1 Å². The van der Waals surface area contributed by atoms with Crippen LogP contribution in [0.25, 0.3) is 33.4 Å². The molecule has 1 aromatic heterocycles. The number of halogens is 2. The molecule has 0 aliphatic carbocycles. The molecule has 3 heterocycles. The van der Waals surface area contributed by atoms with E-state index >= 15 is 8.78 Å². The Morgan fingerprint density at radius 1 is 0.872 bits per heavy atom. The highest BCUT2D eigenvalue weighted by Crippen LogP contribution is 2.32. The number of morpholine rings is 1. The van der Waals surface area contributed by atoms with Crippen molar-refractivity contribution in [1.82, 2.24) is 19.8 Å². The predicted molar refractivity (Wildman–Crippen MR) is 147 cm³/mol. The van der Waals surface area contributed by atoms with Crippen molar-refractivity contribution in [2.45, 2.75) is 0 Å². The summed E-state index contributed by atoms with van der Waals surface area (Å²) in [5, 5.41) is 0. The first kappa shape index (κ1) is 25.3. The van der Waals surface area contributed by atoms with Crippen LogP contribution in [-0.4, -0.2) is 85.2 Å². The number of benzene rings is 3. The number of ether oxygens (including phenoxy) is 1. The Bertz CT molecular complexity index is 1490. The van der Waals surface area contributed by atoms with Gasteiger partial charge in [-0.15, -0.1) is 0 Å². The number of aromatic nitrogens is 2. The minimum Gasteiger partial charge on any atom is -0.378 e. The molecular weight excluding hydrogens is 500 g/mol. The second-order valence-corrected chi connectivity index (χ2v) is 9.99. The molecule has 6 rings (SSSR count). The Balaban J connectivity index is 1.32. The molecule has 0 saturated carbocycles. The van der Waals surface area contributed by atoms with Crippen molar-refractivity contribution in [2.75, 3.05) is 64.4 Å². The fraction of sp³-hybridized carbons (Fsp3) is 0.300. The number of likely N-dealkylation sites (N-methyl/N-ethyl adjacent to an activating group) is 1. The molecule has 2 aliphatic rings. The van der Waals surface area contributed by atoms with Crippen LogP contribution in [0.3, 0.4) is 0 Å². The van der Waals surface area contributed by atoms with Crippen molar-refractivity contribution in [3.05, 3.63) is 78.0 Å². The third kappa shape index (κ3) is 5.07. The number of carbonyl (C=O) groups is 1. The van der Waals surface area contributed by atoms with E-state index < -0.39 is 23.1 Å². The molecule has 200 valence electrons. The van der Waals surface area contributed by atoms with E-state index in [0.29, 0.717) is 54.2 Å². The van der Waals surface area contributed by atoms with E-state index in [0.717, 1.165) is 31.7 Å². The van der Waals surface area contributed by atoms with Crippen LogP contribution in [0.1, 0.15) is 10.4 Å². The molecule has 9 heteroatoms. The van der Waals surface area contributed by atoms with Crippen molar-refractivity contribution in [1.29, 1.82) is 0 Å². The van der Waals surface area contributed by atoms with Crippen LogP contribution in [-0.2, 0) is 4.74 Å². The summed E-state index contributed by atoms with van der Waals surface area (Å²) < 4.78 is 35.6. The van der Waals surface area contributed by atoms with Crippen LogP contribution >= 0.6 is 0 Å². The Kier molecular flexibility index (Phi) is 6.93. The quantitative estimate of drug-likeness (QED) is 0.389. The molecule has 2 saturated heterocycles. The number of piperazine rings is 1.